The first-order chi connectivity index (χ1) is 13.8. The van der Waals surface area contributed by atoms with E-state index in [1.54, 1.807) is 6.92 Å². The quantitative estimate of drug-likeness (QED) is 0.530. The Labute approximate surface area is 177 Å². The van der Waals surface area contributed by atoms with Crippen LogP contribution in [0, 0.1) is 30.9 Å². The van der Waals surface area contributed by atoms with E-state index >= 15 is 0 Å². The number of sulfonamides is 1. The van der Waals surface area contributed by atoms with E-state index in [0.29, 0.717) is 5.56 Å². The van der Waals surface area contributed by atoms with Gasteiger partial charge in [0, 0.05) is 12.1 Å². The Morgan fingerprint density at radius 3 is 2.23 bits per heavy atom. The number of amides is 1. The van der Waals surface area contributed by atoms with Crippen molar-refractivity contribution in [2.75, 3.05) is 10.6 Å². The zero-order chi connectivity index (χ0) is 22.8. The summed E-state index contributed by atoms with van der Waals surface area (Å²) in [7, 11) is -3.89. The molecule has 1 amide bonds. The smallest absolute Gasteiger partial charge is 0.271 e. The molecule has 0 saturated carbocycles. The van der Waals surface area contributed by atoms with E-state index in [4.69, 9.17) is 0 Å². The monoisotopic (exact) mass is 433 g/mol. The molecule has 0 aliphatic heterocycles. The SMILES string of the molecule is Cc1ccc([C@H](C)NC(=O)[C@H](C)N(c2cc([N+](=O)[O-])ccc2C)S(C)(=O)=O)c(C)c1. The zero-order valence-electron chi connectivity index (χ0n) is 18.0. The first kappa shape index (κ1) is 23.3. The molecule has 2 rings (SSSR count). The van der Waals surface area contributed by atoms with Gasteiger partial charge in [-0.25, -0.2) is 8.42 Å². The molecule has 0 fully saturated rings. The second-order valence-electron chi connectivity index (χ2n) is 7.55. The summed E-state index contributed by atoms with van der Waals surface area (Å²) in [5, 5.41) is 14.0. The fourth-order valence-corrected chi connectivity index (χ4v) is 4.68. The van der Waals surface area contributed by atoms with Gasteiger partial charge in [0.25, 0.3) is 5.69 Å². The van der Waals surface area contributed by atoms with Gasteiger partial charge in [-0.2, -0.15) is 0 Å². The topological polar surface area (TPSA) is 110 Å². The van der Waals surface area contributed by atoms with Crippen molar-refractivity contribution in [3.8, 4) is 0 Å². The summed E-state index contributed by atoms with van der Waals surface area (Å²) in [5.41, 5.74) is 3.42. The number of nitrogens with one attached hydrogen (secondary N) is 1. The van der Waals surface area contributed by atoms with E-state index < -0.39 is 26.9 Å². The maximum absolute atomic E-state index is 12.9. The Kier molecular flexibility index (Phi) is 6.87. The Balaban J connectivity index is 2.38. The molecule has 0 radical (unpaired) electrons. The standard InChI is InChI=1S/C21H27N3O5S/c1-13-7-10-19(15(3)11-13)16(4)22-21(25)17(5)23(30(6,28)29)20-12-18(24(26)27)9-8-14(20)2/h7-12,16-17H,1-6H3,(H,22,25)/t16-,17-/m0/s1. The summed E-state index contributed by atoms with van der Waals surface area (Å²) < 4.78 is 26.0. The number of anilines is 1. The average Bonchev–Trinajstić information content (AvgIpc) is 2.61. The number of nitrogens with zero attached hydrogens (tertiary/aromatic N) is 2. The summed E-state index contributed by atoms with van der Waals surface area (Å²) >= 11 is 0. The predicted octanol–water partition coefficient (Wildman–Crippen LogP) is 3.55. The van der Waals surface area contributed by atoms with Crippen molar-refractivity contribution in [2.24, 2.45) is 0 Å². The van der Waals surface area contributed by atoms with Gasteiger partial charge in [0.05, 0.1) is 22.9 Å². The third-order valence-corrected chi connectivity index (χ3v) is 6.21. The van der Waals surface area contributed by atoms with E-state index in [9.17, 15) is 23.3 Å². The van der Waals surface area contributed by atoms with Crippen LogP contribution in [0.25, 0.3) is 0 Å². The van der Waals surface area contributed by atoms with Gasteiger partial charge in [0.15, 0.2) is 0 Å². The lowest BCUT2D eigenvalue weighted by atomic mass is 10.00. The molecule has 0 aliphatic rings. The minimum absolute atomic E-state index is 0.105. The number of nitro groups is 1. The molecule has 9 heteroatoms. The van der Waals surface area contributed by atoms with Gasteiger partial charge in [0.2, 0.25) is 15.9 Å². The summed E-state index contributed by atoms with van der Waals surface area (Å²) in [4.78, 5) is 23.5. The van der Waals surface area contributed by atoms with Crippen LogP contribution in [0.1, 0.15) is 42.1 Å². The van der Waals surface area contributed by atoms with E-state index in [2.05, 4.69) is 5.32 Å². The number of hydrogen-bond acceptors (Lipinski definition) is 5. The number of benzene rings is 2. The number of hydrogen-bond donors (Lipinski definition) is 1. The van der Waals surface area contributed by atoms with Crippen molar-refractivity contribution in [3.63, 3.8) is 0 Å². The number of nitro benzene ring substituents is 1. The van der Waals surface area contributed by atoms with Crippen LogP contribution < -0.4 is 9.62 Å². The highest BCUT2D eigenvalue weighted by Crippen LogP contribution is 2.29. The third-order valence-electron chi connectivity index (χ3n) is 4.98. The van der Waals surface area contributed by atoms with Crippen molar-refractivity contribution >= 4 is 27.3 Å². The van der Waals surface area contributed by atoms with Crippen molar-refractivity contribution in [1.82, 2.24) is 5.32 Å². The molecule has 0 aromatic heterocycles. The minimum Gasteiger partial charge on any atom is -0.348 e. The summed E-state index contributed by atoms with van der Waals surface area (Å²) in [6.07, 6.45) is 0.975. The Bertz CT molecular complexity index is 1080. The van der Waals surface area contributed by atoms with Gasteiger partial charge in [0.1, 0.15) is 6.04 Å². The second kappa shape index (κ2) is 8.83. The van der Waals surface area contributed by atoms with Crippen LogP contribution in [0.2, 0.25) is 0 Å². The molecule has 2 aromatic carbocycles. The Morgan fingerprint density at radius 1 is 1.07 bits per heavy atom. The highest BCUT2D eigenvalue weighted by atomic mass is 32.2. The molecule has 30 heavy (non-hydrogen) atoms. The molecule has 1 N–H and O–H groups in total. The number of non-ortho nitro benzene ring substituents is 1. The average molecular weight is 434 g/mol. The van der Waals surface area contributed by atoms with Crippen LogP contribution in [-0.4, -0.2) is 31.5 Å². The molecule has 8 nitrogen and oxygen atoms in total. The Morgan fingerprint density at radius 2 is 1.70 bits per heavy atom. The van der Waals surface area contributed by atoms with Crippen molar-refractivity contribution in [3.05, 3.63) is 68.8 Å². The lowest BCUT2D eigenvalue weighted by molar-refractivity contribution is -0.384. The van der Waals surface area contributed by atoms with Crippen LogP contribution in [0.4, 0.5) is 11.4 Å². The molecular formula is C21H27N3O5S. The van der Waals surface area contributed by atoms with E-state index in [1.165, 1.54) is 25.1 Å². The minimum atomic E-state index is -3.89. The van der Waals surface area contributed by atoms with Gasteiger partial charge >= 0.3 is 0 Å². The van der Waals surface area contributed by atoms with Gasteiger partial charge in [-0.15, -0.1) is 0 Å². The van der Waals surface area contributed by atoms with Crippen molar-refractivity contribution < 1.29 is 18.1 Å². The van der Waals surface area contributed by atoms with Gasteiger partial charge in [-0.3, -0.25) is 19.2 Å². The van der Waals surface area contributed by atoms with E-state index in [0.717, 1.165) is 27.3 Å². The maximum Gasteiger partial charge on any atom is 0.271 e. The molecule has 0 spiro atoms. The predicted molar refractivity (Wildman–Crippen MR) is 117 cm³/mol. The lowest BCUT2D eigenvalue weighted by Crippen LogP contribution is -2.48. The van der Waals surface area contributed by atoms with Crippen LogP contribution in [0.5, 0.6) is 0 Å². The number of rotatable bonds is 7. The molecule has 2 atom stereocenters. The van der Waals surface area contributed by atoms with Crippen molar-refractivity contribution in [1.29, 1.82) is 0 Å². The highest BCUT2D eigenvalue weighted by molar-refractivity contribution is 7.92. The Hall–Kier alpha value is -2.94. The lowest BCUT2D eigenvalue weighted by Gasteiger charge is -2.30. The number of aryl methyl sites for hydroxylation is 3. The molecule has 0 saturated heterocycles. The van der Waals surface area contributed by atoms with Crippen LogP contribution >= 0.6 is 0 Å². The second-order valence-corrected chi connectivity index (χ2v) is 9.41. The summed E-state index contributed by atoms with van der Waals surface area (Å²) in [6.45, 7) is 8.85. The number of carbonyl (C=O) groups excluding carboxylic acids is 1. The molecule has 0 heterocycles. The van der Waals surface area contributed by atoms with Gasteiger partial charge in [-0.05, 0) is 51.3 Å². The van der Waals surface area contributed by atoms with Crippen LogP contribution in [0.3, 0.4) is 0 Å². The first-order valence-electron chi connectivity index (χ1n) is 9.45. The van der Waals surface area contributed by atoms with Crippen LogP contribution in [0.15, 0.2) is 36.4 Å². The van der Waals surface area contributed by atoms with E-state index in [-0.39, 0.29) is 17.4 Å². The highest BCUT2D eigenvalue weighted by Gasteiger charge is 2.32. The molecule has 0 aliphatic carbocycles. The fourth-order valence-electron chi connectivity index (χ4n) is 3.45. The van der Waals surface area contributed by atoms with Gasteiger partial charge < -0.3 is 5.32 Å². The van der Waals surface area contributed by atoms with Gasteiger partial charge in [-0.1, -0.05) is 29.8 Å². The van der Waals surface area contributed by atoms with E-state index in [1.807, 2.05) is 39.0 Å². The fraction of sp³-hybridized carbons (Fsp3) is 0.381. The normalized spacial score (nSPS) is 13.4. The molecular weight excluding hydrogens is 406 g/mol. The maximum atomic E-state index is 12.9. The van der Waals surface area contributed by atoms with Crippen molar-refractivity contribution in [2.45, 2.75) is 46.7 Å². The number of carbonyl (C=O) groups is 1. The third kappa shape index (κ3) is 5.15. The largest absolute Gasteiger partial charge is 0.348 e. The molecule has 162 valence electrons. The zero-order valence-corrected chi connectivity index (χ0v) is 18.8. The molecule has 2 aromatic rings. The molecule has 0 bridgehead atoms. The molecule has 0 unspecified atom stereocenters. The summed E-state index contributed by atoms with van der Waals surface area (Å²) in [5.74, 6) is -0.501. The summed E-state index contributed by atoms with van der Waals surface area (Å²) in [6, 6.07) is 8.39. The first-order valence-corrected chi connectivity index (χ1v) is 11.3. The van der Waals surface area contributed by atoms with Crippen LogP contribution in [-0.2, 0) is 14.8 Å².